The number of hydrogen-bond donors (Lipinski definition) is 0. The Bertz CT molecular complexity index is 700. The minimum atomic E-state index is -4.56. The summed E-state index contributed by atoms with van der Waals surface area (Å²) >= 11 is 0. The quantitative estimate of drug-likeness (QED) is 0.733. The van der Waals surface area contributed by atoms with Crippen molar-refractivity contribution in [2.75, 3.05) is 18.1 Å². The van der Waals surface area contributed by atoms with Crippen LogP contribution in [0, 0.1) is 12.8 Å². The molecule has 0 aliphatic rings. The number of aromatic nitrogens is 2. The third kappa shape index (κ3) is 4.84. The summed E-state index contributed by atoms with van der Waals surface area (Å²) < 4.78 is 44.9. The van der Waals surface area contributed by atoms with E-state index in [2.05, 4.69) is 9.97 Å². The molecule has 0 unspecified atom stereocenters. The number of nitrogens with zero attached hydrogens (tertiary/aromatic N) is 3. The number of aryl methyl sites for hydroxylation is 1. The first kappa shape index (κ1) is 19.0. The van der Waals surface area contributed by atoms with Crippen molar-refractivity contribution in [3.8, 4) is 5.88 Å². The Hall–Kier alpha value is -2.31. The molecule has 0 aliphatic heterocycles. The predicted octanol–water partition coefficient (Wildman–Crippen LogP) is 5.00. The molecule has 1 heterocycles. The summed E-state index contributed by atoms with van der Waals surface area (Å²) in [5, 5.41) is 0. The Morgan fingerprint density at radius 1 is 1.16 bits per heavy atom. The number of hydrogen-bond acceptors (Lipinski definition) is 4. The molecule has 0 spiro atoms. The molecule has 25 heavy (non-hydrogen) atoms. The smallest absolute Gasteiger partial charge is 0.423 e. The molecular formula is C18H22F3N3O. The van der Waals surface area contributed by atoms with Gasteiger partial charge in [0.15, 0.2) is 0 Å². The summed E-state index contributed by atoms with van der Waals surface area (Å²) in [5.41, 5.74) is 0.939. The largest absolute Gasteiger partial charge is 0.477 e. The summed E-state index contributed by atoms with van der Waals surface area (Å²) in [6, 6.07) is 7.62. The standard InChI is InChI=1S/C18H22F3N3O/c1-5-24(14-8-6-13(4)7-9-14)17-22-10-15(18(19,20)21)16(23-17)25-11-12(2)3/h6-10,12H,5,11H2,1-4H3. The van der Waals surface area contributed by atoms with Gasteiger partial charge in [-0.3, -0.25) is 0 Å². The highest BCUT2D eigenvalue weighted by molar-refractivity contribution is 5.58. The zero-order valence-electron chi connectivity index (χ0n) is 14.8. The molecule has 0 saturated carbocycles. The van der Waals surface area contributed by atoms with Gasteiger partial charge in [-0.15, -0.1) is 0 Å². The maximum atomic E-state index is 13.2. The van der Waals surface area contributed by atoms with Gasteiger partial charge in [0.2, 0.25) is 11.8 Å². The number of anilines is 2. The van der Waals surface area contributed by atoms with Crippen molar-refractivity contribution >= 4 is 11.6 Å². The summed E-state index contributed by atoms with van der Waals surface area (Å²) in [5.74, 6) is -0.172. The van der Waals surface area contributed by atoms with Crippen molar-refractivity contribution in [2.45, 2.75) is 33.9 Å². The topological polar surface area (TPSA) is 38.2 Å². The third-order valence-corrected chi connectivity index (χ3v) is 3.50. The predicted molar refractivity (Wildman–Crippen MR) is 91.2 cm³/mol. The van der Waals surface area contributed by atoms with Crippen molar-refractivity contribution < 1.29 is 17.9 Å². The molecule has 1 aromatic heterocycles. The molecule has 0 aliphatic carbocycles. The molecule has 2 rings (SSSR count). The lowest BCUT2D eigenvalue weighted by atomic mass is 10.2. The van der Waals surface area contributed by atoms with Crippen LogP contribution in [0.1, 0.15) is 31.9 Å². The number of halogens is 3. The lowest BCUT2D eigenvalue weighted by molar-refractivity contribution is -0.139. The number of alkyl halides is 3. The highest BCUT2D eigenvalue weighted by Crippen LogP contribution is 2.36. The Morgan fingerprint density at radius 3 is 2.32 bits per heavy atom. The zero-order chi connectivity index (χ0) is 18.6. The summed E-state index contributed by atoms with van der Waals surface area (Å²) in [4.78, 5) is 9.71. The van der Waals surface area contributed by atoms with Gasteiger partial charge in [-0.1, -0.05) is 31.5 Å². The van der Waals surface area contributed by atoms with E-state index in [1.807, 2.05) is 52.0 Å². The molecule has 0 N–H and O–H groups in total. The summed E-state index contributed by atoms with van der Waals surface area (Å²) in [6.07, 6.45) is -3.78. The van der Waals surface area contributed by atoms with Crippen LogP contribution >= 0.6 is 0 Å². The second kappa shape index (κ2) is 7.72. The molecule has 0 saturated heterocycles. The van der Waals surface area contributed by atoms with Crippen LogP contribution in [-0.4, -0.2) is 23.1 Å². The molecule has 7 heteroatoms. The SMILES string of the molecule is CCN(c1ccc(C)cc1)c1ncc(C(F)(F)F)c(OCC(C)C)n1. The maximum Gasteiger partial charge on any atom is 0.423 e. The van der Waals surface area contributed by atoms with Gasteiger partial charge in [0, 0.05) is 18.4 Å². The van der Waals surface area contributed by atoms with Crippen LogP contribution < -0.4 is 9.64 Å². The minimum Gasteiger partial charge on any atom is -0.477 e. The van der Waals surface area contributed by atoms with E-state index in [0.29, 0.717) is 6.54 Å². The van der Waals surface area contributed by atoms with Crippen LogP contribution in [0.25, 0.3) is 0 Å². The van der Waals surface area contributed by atoms with Gasteiger partial charge < -0.3 is 9.64 Å². The van der Waals surface area contributed by atoms with Crippen LogP contribution in [0.4, 0.5) is 24.8 Å². The van der Waals surface area contributed by atoms with Crippen LogP contribution in [0.15, 0.2) is 30.5 Å². The Kier molecular flexibility index (Phi) is 5.87. The van der Waals surface area contributed by atoms with Gasteiger partial charge in [0.25, 0.3) is 0 Å². The Labute approximate surface area is 145 Å². The molecule has 136 valence electrons. The Balaban J connectivity index is 2.42. The van der Waals surface area contributed by atoms with E-state index in [9.17, 15) is 13.2 Å². The van der Waals surface area contributed by atoms with E-state index in [4.69, 9.17) is 4.74 Å². The lowest BCUT2D eigenvalue weighted by Gasteiger charge is -2.22. The second-order valence-corrected chi connectivity index (χ2v) is 6.17. The van der Waals surface area contributed by atoms with Crippen molar-refractivity contribution in [3.63, 3.8) is 0 Å². The monoisotopic (exact) mass is 353 g/mol. The van der Waals surface area contributed by atoms with Crippen molar-refractivity contribution in [2.24, 2.45) is 5.92 Å². The number of benzene rings is 1. The molecular weight excluding hydrogens is 331 g/mol. The zero-order valence-corrected chi connectivity index (χ0v) is 14.8. The van der Waals surface area contributed by atoms with Gasteiger partial charge in [0.1, 0.15) is 5.56 Å². The highest BCUT2D eigenvalue weighted by Gasteiger charge is 2.36. The van der Waals surface area contributed by atoms with Gasteiger partial charge in [0.05, 0.1) is 6.61 Å². The van der Waals surface area contributed by atoms with Crippen molar-refractivity contribution in [3.05, 3.63) is 41.6 Å². The average Bonchev–Trinajstić information content (AvgIpc) is 2.54. The molecule has 1 aromatic carbocycles. The van der Waals surface area contributed by atoms with E-state index in [1.54, 1.807) is 4.90 Å². The van der Waals surface area contributed by atoms with Crippen molar-refractivity contribution in [1.29, 1.82) is 0 Å². The summed E-state index contributed by atoms with van der Waals surface area (Å²) in [7, 11) is 0. The Morgan fingerprint density at radius 2 is 1.80 bits per heavy atom. The molecule has 2 aromatic rings. The average molecular weight is 353 g/mol. The molecule has 0 atom stereocenters. The maximum absolute atomic E-state index is 13.2. The second-order valence-electron chi connectivity index (χ2n) is 6.17. The van der Waals surface area contributed by atoms with Gasteiger partial charge in [-0.25, -0.2) is 4.98 Å². The first-order chi connectivity index (χ1) is 11.7. The highest BCUT2D eigenvalue weighted by atomic mass is 19.4. The summed E-state index contributed by atoms with van der Waals surface area (Å²) in [6.45, 7) is 8.23. The van der Waals surface area contributed by atoms with E-state index in [1.165, 1.54) is 0 Å². The molecule has 0 amide bonds. The lowest BCUT2D eigenvalue weighted by Crippen LogP contribution is -2.21. The van der Waals surface area contributed by atoms with E-state index in [0.717, 1.165) is 17.4 Å². The van der Waals surface area contributed by atoms with Crippen LogP contribution in [0.3, 0.4) is 0 Å². The number of rotatable bonds is 6. The van der Waals surface area contributed by atoms with Crippen LogP contribution in [0.2, 0.25) is 0 Å². The van der Waals surface area contributed by atoms with Gasteiger partial charge >= 0.3 is 6.18 Å². The van der Waals surface area contributed by atoms with E-state index >= 15 is 0 Å². The first-order valence-electron chi connectivity index (χ1n) is 8.13. The van der Waals surface area contributed by atoms with E-state index < -0.39 is 17.6 Å². The molecule has 0 radical (unpaired) electrons. The van der Waals surface area contributed by atoms with Gasteiger partial charge in [-0.2, -0.15) is 18.2 Å². The van der Waals surface area contributed by atoms with Crippen LogP contribution in [-0.2, 0) is 6.18 Å². The van der Waals surface area contributed by atoms with Gasteiger partial charge in [-0.05, 0) is 31.9 Å². The normalized spacial score (nSPS) is 11.7. The molecule has 4 nitrogen and oxygen atoms in total. The van der Waals surface area contributed by atoms with E-state index in [-0.39, 0.29) is 18.5 Å². The number of ether oxygens (including phenoxy) is 1. The molecule has 0 bridgehead atoms. The van der Waals surface area contributed by atoms with Crippen molar-refractivity contribution in [1.82, 2.24) is 9.97 Å². The minimum absolute atomic E-state index is 0.0823. The molecule has 0 fully saturated rings. The van der Waals surface area contributed by atoms with Crippen LogP contribution in [0.5, 0.6) is 5.88 Å². The first-order valence-corrected chi connectivity index (χ1v) is 8.13. The fourth-order valence-corrected chi connectivity index (χ4v) is 2.20. The third-order valence-electron chi connectivity index (χ3n) is 3.50. The fourth-order valence-electron chi connectivity index (χ4n) is 2.20. The fraction of sp³-hybridized carbons (Fsp3) is 0.444.